The van der Waals surface area contributed by atoms with Crippen molar-refractivity contribution in [3.05, 3.63) is 52.8 Å². The summed E-state index contributed by atoms with van der Waals surface area (Å²) in [6.45, 7) is 9.80. The van der Waals surface area contributed by atoms with Gasteiger partial charge in [-0.1, -0.05) is 30.3 Å². The lowest BCUT2D eigenvalue weighted by Crippen LogP contribution is -2.38. The van der Waals surface area contributed by atoms with E-state index in [1.165, 1.54) is 11.1 Å². The maximum Gasteiger partial charge on any atom is 0.191 e. The molecule has 0 amide bonds. The number of rotatable bonds is 8. The molecule has 1 aromatic heterocycles. The van der Waals surface area contributed by atoms with Gasteiger partial charge in [0.1, 0.15) is 0 Å². The molecule has 7 heteroatoms. The number of benzene rings is 1. The third kappa shape index (κ3) is 6.60. The Balaban J connectivity index is 0.00000338. The maximum absolute atomic E-state index is 5.07. The van der Waals surface area contributed by atoms with Crippen LogP contribution in [0.1, 0.15) is 29.4 Å². The van der Waals surface area contributed by atoms with Crippen molar-refractivity contribution in [1.29, 1.82) is 0 Å². The van der Waals surface area contributed by atoms with Gasteiger partial charge in [0.2, 0.25) is 0 Å². The van der Waals surface area contributed by atoms with Crippen LogP contribution in [0.4, 0.5) is 0 Å². The summed E-state index contributed by atoms with van der Waals surface area (Å²) in [5.74, 6) is 0.800. The number of methoxy groups -OCH3 is 1. The van der Waals surface area contributed by atoms with Crippen LogP contribution in [0.15, 0.2) is 35.3 Å². The first-order valence-electron chi connectivity index (χ1n) is 8.73. The van der Waals surface area contributed by atoms with Crippen LogP contribution in [0.3, 0.4) is 0 Å². The molecule has 1 heterocycles. The highest BCUT2D eigenvalue weighted by Gasteiger charge is 2.11. The van der Waals surface area contributed by atoms with Gasteiger partial charge in [-0.2, -0.15) is 5.10 Å². The van der Waals surface area contributed by atoms with E-state index in [0.717, 1.165) is 37.0 Å². The minimum atomic E-state index is 0. The quantitative estimate of drug-likeness (QED) is 0.269. The SMILES string of the molecule is CCNC(=NCc1c(C)nn(Cc2ccccc2)c1C)NCCOC.I. The summed E-state index contributed by atoms with van der Waals surface area (Å²) in [4.78, 5) is 4.68. The summed E-state index contributed by atoms with van der Waals surface area (Å²) in [6, 6.07) is 10.4. The molecule has 0 aliphatic rings. The third-order valence-electron chi connectivity index (χ3n) is 4.04. The third-order valence-corrected chi connectivity index (χ3v) is 4.04. The monoisotopic (exact) mass is 471 g/mol. The number of aliphatic imine (C=N–C) groups is 1. The molecule has 0 saturated carbocycles. The molecule has 2 rings (SSSR count). The number of nitrogens with zero attached hydrogens (tertiary/aromatic N) is 3. The number of nitrogens with one attached hydrogen (secondary N) is 2. The average molecular weight is 471 g/mol. The molecule has 0 radical (unpaired) electrons. The Hall–Kier alpha value is -1.61. The zero-order valence-corrected chi connectivity index (χ0v) is 18.4. The van der Waals surface area contributed by atoms with Crippen LogP contribution < -0.4 is 10.6 Å². The van der Waals surface area contributed by atoms with Gasteiger partial charge in [-0.25, -0.2) is 4.99 Å². The van der Waals surface area contributed by atoms with Crippen molar-refractivity contribution in [2.24, 2.45) is 4.99 Å². The van der Waals surface area contributed by atoms with Gasteiger partial charge in [-0.05, 0) is 26.3 Å². The molecule has 0 fully saturated rings. The molecule has 0 bridgehead atoms. The van der Waals surface area contributed by atoms with Crippen molar-refractivity contribution >= 4 is 29.9 Å². The molecule has 144 valence electrons. The number of guanidine groups is 1. The minimum absolute atomic E-state index is 0. The highest BCUT2D eigenvalue weighted by molar-refractivity contribution is 14.0. The first-order chi connectivity index (χ1) is 12.2. The summed E-state index contributed by atoms with van der Waals surface area (Å²) in [5.41, 5.74) is 4.63. The normalized spacial score (nSPS) is 11.2. The molecule has 0 aliphatic carbocycles. The molecule has 6 nitrogen and oxygen atoms in total. The van der Waals surface area contributed by atoms with Gasteiger partial charge in [0.15, 0.2) is 5.96 Å². The lowest BCUT2D eigenvalue weighted by atomic mass is 10.2. The molecular weight excluding hydrogens is 441 g/mol. The molecule has 0 saturated heterocycles. The van der Waals surface area contributed by atoms with Gasteiger partial charge in [0.25, 0.3) is 0 Å². The van der Waals surface area contributed by atoms with Crippen molar-refractivity contribution in [3.63, 3.8) is 0 Å². The predicted octanol–water partition coefficient (Wildman–Crippen LogP) is 2.87. The van der Waals surface area contributed by atoms with E-state index in [-0.39, 0.29) is 24.0 Å². The van der Waals surface area contributed by atoms with Crippen LogP contribution in [-0.4, -0.2) is 42.5 Å². The largest absolute Gasteiger partial charge is 0.383 e. The summed E-state index contributed by atoms with van der Waals surface area (Å²) in [6.07, 6.45) is 0. The summed E-state index contributed by atoms with van der Waals surface area (Å²) < 4.78 is 7.13. The minimum Gasteiger partial charge on any atom is -0.383 e. The van der Waals surface area contributed by atoms with Gasteiger partial charge in [-0.15, -0.1) is 24.0 Å². The van der Waals surface area contributed by atoms with E-state index >= 15 is 0 Å². The summed E-state index contributed by atoms with van der Waals surface area (Å²) in [7, 11) is 1.69. The molecule has 2 aromatic rings. The molecule has 0 spiro atoms. The number of aromatic nitrogens is 2. The van der Waals surface area contributed by atoms with Gasteiger partial charge < -0.3 is 15.4 Å². The number of hydrogen-bond acceptors (Lipinski definition) is 3. The van der Waals surface area contributed by atoms with Crippen molar-refractivity contribution in [2.75, 3.05) is 26.8 Å². The molecule has 26 heavy (non-hydrogen) atoms. The highest BCUT2D eigenvalue weighted by Crippen LogP contribution is 2.15. The Bertz CT molecular complexity index is 685. The standard InChI is InChI=1S/C19H29N5O.HI/c1-5-20-19(21-11-12-25-4)22-13-18-15(2)23-24(16(18)3)14-17-9-7-6-8-10-17;/h6-10H,5,11-14H2,1-4H3,(H2,20,21,22);1H. The van der Waals surface area contributed by atoms with E-state index in [1.54, 1.807) is 7.11 Å². The van der Waals surface area contributed by atoms with Crippen LogP contribution in [-0.2, 0) is 17.8 Å². The van der Waals surface area contributed by atoms with Crippen LogP contribution in [0.2, 0.25) is 0 Å². The average Bonchev–Trinajstić information content (AvgIpc) is 2.87. The van der Waals surface area contributed by atoms with Gasteiger partial charge in [-0.3, -0.25) is 4.68 Å². The number of halogens is 1. The van der Waals surface area contributed by atoms with Crippen molar-refractivity contribution in [2.45, 2.75) is 33.9 Å². The Kier molecular flexibility index (Phi) is 10.3. The zero-order chi connectivity index (χ0) is 18.1. The Morgan fingerprint density at radius 3 is 2.58 bits per heavy atom. The van der Waals surface area contributed by atoms with Crippen molar-refractivity contribution < 1.29 is 4.74 Å². The van der Waals surface area contributed by atoms with E-state index in [2.05, 4.69) is 58.4 Å². The second-order valence-corrected chi connectivity index (χ2v) is 5.91. The topological polar surface area (TPSA) is 63.5 Å². The van der Waals surface area contributed by atoms with Crippen LogP contribution in [0, 0.1) is 13.8 Å². The van der Waals surface area contributed by atoms with Gasteiger partial charge in [0, 0.05) is 31.5 Å². The lowest BCUT2D eigenvalue weighted by molar-refractivity contribution is 0.203. The van der Waals surface area contributed by atoms with Crippen LogP contribution in [0.25, 0.3) is 0 Å². The fraction of sp³-hybridized carbons (Fsp3) is 0.474. The van der Waals surface area contributed by atoms with Crippen molar-refractivity contribution in [1.82, 2.24) is 20.4 Å². The number of aryl methyl sites for hydroxylation is 1. The fourth-order valence-corrected chi connectivity index (χ4v) is 2.64. The second-order valence-electron chi connectivity index (χ2n) is 5.91. The van der Waals surface area contributed by atoms with E-state index in [9.17, 15) is 0 Å². The molecular formula is C19H30IN5O. The van der Waals surface area contributed by atoms with Gasteiger partial charge in [0.05, 0.1) is 25.4 Å². The summed E-state index contributed by atoms with van der Waals surface area (Å²) >= 11 is 0. The van der Waals surface area contributed by atoms with E-state index in [0.29, 0.717) is 13.2 Å². The first-order valence-corrected chi connectivity index (χ1v) is 8.73. The fourth-order valence-electron chi connectivity index (χ4n) is 2.64. The molecule has 1 aromatic carbocycles. The molecule has 0 atom stereocenters. The Labute approximate surface area is 173 Å². The maximum atomic E-state index is 5.07. The lowest BCUT2D eigenvalue weighted by Gasteiger charge is -2.11. The Morgan fingerprint density at radius 2 is 1.92 bits per heavy atom. The first kappa shape index (κ1) is 22.4. The molecule has 0 unspecified atom stereocenters. The van der Waals surface area contributed by atoms with E-state index < -0.39 is 0 Å². The molecule has 2 N–H and O–H groups in total. The highest BCUT2D eigenvalue weighted by atomic mass is 127. The smallest absolute Gasteiger partial charge is 0.191 e. The van der Waals surface area contributed by atoms with Gasteiger partial charge >= 0.3 is 0 Å². The van der Waals surface area contributed by atoms with Crippen LogP contribution >= 0.6 is 24.0 Å². The Morgan fingerprint density at radius 1 is 1.19 bits per heavy atom. The van der Waals surface area contributed by atoms with Crippen molar-refractivity contribution in [3.8, 4) is 0 Å². The van der Waals surface area contributed by atoms with E-state index in [1.807, 2.05) is 13.0 Å². The number of ether oxygens (including phenoxy) is 1. The predicted molar refractivity (Wildman–Crippen MR) is 117 cm³/mol. The van der Waals surface area contributed by atoms with Crippen LogP contribution in [0.5, 0.6) is 0 Å². The summed E-state index contributed by atoms with van der Waals surface area (Å²) in [5, 5.41) is 11.2. The zero-order valence-electron chi connectivity index (χ0n) is 16.1. The second kappa shape index (κ2) is 11.9. The van der Waals surface area contributed by atoms with E-state index in [4.69, 9.17) is 9.84 Å². The number of hydrogen-bond donors (Lipinski definition) is 2. The molecule has 0 aliphatic heterocycles.